The third kappa shape index (κ3) is 5.44. The number of ether oxygens (including phenoxy) is 1. The van der Waals surface area contributed by atoms with E-state index < -0.39 is 10.7 Å². The number of rotatable bonds is 6. The Hall–Kier alpha value is -1.36. The molecule has 22 heavy (non-hydrogen) atoms. The van der Waals surface area contributed by atoms with E-state index in [-0.39, 0.29) is 23.7 Å². The fourth-order valence-electron chi connectivity index (χ4n) is 2.83. The molecule has 1 unspecified atom stereocenters. The molecule has 0 N–H and O–H groups in total. The first kappa shape index (κ1) is 17.0. The van der Waals surface area contributed by atoms with E-state index in [1.165, 1.54) is 6.42 Å². The number of hydrogen-bond donors (Lipinski definition) is 1. The van der Waals surface area contributed by atoms with Crippen LogP contribution in [0.4, 0.5) is 0 Å². The van der Waals surface area contributed by atoms with Gasteiger partial charge in [-0.15, -0.1) is 0 Å². The quantitative estimate of drug-likeness (QED) is 0.646. The van der Waals surface area contributed by atoms with E-state index in [1.54, 1.807) is 12.1 Å². The molecule has 1 atom stereocenters. The van der Waals surface area contributed by atoms with Crippen molar-refractivity contribution in [3.05, 3.63) is 35.4 Å². The van der Waals surface area contributed by atoms with Crippen LogP contribution in [-0.2, 0) is 32.4 Å². The highest BCUT2D eigenvalue weighted by Gasteiger charge is 2.21. The van der Waals surface area contributed by atoms with Crippen molar-refractivity contribution < 1.29 is 17.9 Å². The van der Waals surface area contributed by atoms with Crippen molar-refractivity contribution in [2.45, 2.75) is 57.3 Å². The van der Waals surface area contributed by atoms with Gasteiger partial charge in [0.2, 0.25) is 0 Å². The summed E-state index contributed by atoms with van der Waals surface area (Å²) in [5.41, 5.74) is 1.80. The zero-order chi connectivity index (χ0) is 15.9. The first-order valence-corrected chi connectivity index (χ1v) is 9.31. The van der Waals surface area contributed by atoms with Crippen molar-refractivity contribution in [2.24, 2.45) is 5.92 Å². The first-order valence-electron chi connectivity index (χ1n) is 7.94. The van der Waals surface area contributed by atoms with Crippen molar-refractivity contribution in [3.63, 3.8) is 0 Å². The summed E-state index contributed by atoms with van der Waals surface area (Å²) in [7, 11) is -2.40. The SMILES string of the molecule is CC(Cc1ccc(C[SH](=O)=O)cc1)C(=O)OC1CCCCC1. The van der Waals surface area contributed by atoms with Gasteiger partial charge < -0.3 is 4.74 Å². The summed E-state index contributed by atoms with van der Waals surface area (Å²) >= 11 is 0. The van der Waals surface area contributed by atoms with Gasteiger partial charge in [-0.25, -0.2) is 8.42 Å². The van der Waals surface area contributed by atoms with E-state index in [9.17, 15) is 13.2 Å². The fraction of sp³-hybridized carbons (Fsp3) is 0.588. The number of benzene rings is 1. The van der Waals surface area contributed by atoms with Crippen LogP contribution in [-0.4, -0.2) is 20.5 Å². The monoisotopic (exact) mass is 324 g/mol. The van der Waals surface area contributed by atoms with Crippen molar-refractivity contribution >= 4 is 16.7 Å². The number of hydrogen-bond acceptors (Lipinski definition) is 4. The Morgan fingerprint density at radius 2 is 1.73 bits per heavy atom. The van der Waals surface area contributed by atoms with Crippen LogP contribution in [0.2, 0.25) is 0 Å². The van der Waals surface area contributed by atoms with Crippen LogP contribution < -0.4 is 0 Å². The summed E-state index contributed by atoms with van der Waals surface area (Å²) in [5.74, 6) is -0.239. The molecule has 1 aliphatic carbocycles. The Bertz CT molecular complexity index is 549. The van der Waals surface area contributed by atoms with Gasteiger partial charge in [0.15, 0.2) is 0 Å². The maximum atomic E-state index is 12.1. The van der Waals surface area contributed by atoms with Crippen LogP contribution in [0, 0.1) is 5.92 Å². The molecule has 0 heterocycles. The largest absolute Gasteiger partial charge is 0.462 e. The van der Waals surface area contributed by atoms with Crippen molar-refractivity contribution in [1.29, 1.82) is 0 Å². The van der Waals surface area contributed by atoms with E-state index in [2.05, 4.69) is 0 Å². The Morgan fingerprint density at radius 1 is 1.14 bits per heavy atom. The molecule has 4 nitrogen and oxygen atoms in total. The number of esters is 1. The maximum Gasteiger partial charge on any atom is 0.309 e. The number of carbonyl (C=O) groups is 1. The Balaban J connectivity index is 1.84. The molecule has 1 aromatic rings. The molecule has 0 amide bonds. The second-order valence-corrected chi connectivity index (χ2v) is 7.09. The zero-order valence-electron chi connectivity index (χ0n) is 13.0. The van der Waals surface area contributed by atoms with Gasteiger partial charge in [0, 0.05) is 0 Å². The average molecular weight is 324 g/mol. The topological polar surface area (TPSA) is 60.4 Å². The Labute approximate surface area is 133 Å². The third-order valence-electron chi connectivity index (χ3n) is 4.11. The minimum atomic E-state index is -2.40. The van der Waals surface area contributed by atoms with Crippen LogP contribution >= 0.6 is 0 Å². The number of thiol groups is 1. The molecule has 0 aromatic heterocycles. The van der Waals surface area contributed by atoms with E-state index in [1.807, 2.05) is 19.1 Å². The molecule has 1 aliphatic rings. The zero-order valence-corrected chi connectivity index (χ0v) is 13.9. The molecule has 1 fully saturated rings. The van der Waals surface area contributed by atoms with Gasteiger partial charge in [0.05, 0.1) is 11.7 Å². The van der Waals surface area contributed by atoms with E-state index in [4.69, 9.17) is 4.74 Å². The summed E-state index contributed by atoms with van der Waals surface area (Å²) in [6, 6.07) is 7.39. The molecular formula is C17H24O4S. The third-order valence-corrected chi connectivity index (χ3v) is 4.74. The Morgan fingerprint density at radius 3 is 2.32 bits per heavy atom. The summed E-state index contributed by atoms with van der Waals surface area (Å²) in [6.07, 6.45) is 6.23. The number of carbonyl (C=O) groups excluding carboxylic acids is 1. The van der Waals surface area contributed by atoms with Gasteiger partial charge in [-0.05, 0) is 43.2 Å². The van der Waals surface area contributed by atoms with E-state index >= 15 is 0 Å². The predicted molar refractivity (Wildman–Crippen MR) is 86.3 cm³/mol. The predicted octanol–water partition coefficient (Wildman–Crippen LogP) is 2.85. The van der Waals surface area contributed by atoms with Crippen molar-refractivity contribution in [3.8, 4) is 0 Å². The lowest BCUT2D eigenvalue weighted by atomic mass is 9.97. The van der Waals surface area contributed by atoms with Crippen molar-refractivity contribution in [2.75, 3.05) is 0 Å². The molecule has 0 spiro atoms. The van der Waals surface area contributed by atoms with Crippen molar-refractivity contribution in [1.82, 2.24) is 0 Å². The minimum absolute atomic E-state index is 0.0644. The first-order chi connectivity index (χ1) is 10.5. The van der Waals surface area contributed by atoms with Crippen LogP contribution in [0.1, 0.15) is 50.2 Å². The second kappa shape index (κ2) is 8.32. The highest BCUT2D eigenvalue weighted by Crippen LogP contribution is 2.22. The highest BCUT2D eigenvalue weighted by atomic mass is 32.2. The standard InChI is InChI=1S/C17H24O4S/c1-13(17(18)21-16-5-3-2-4-6-16)11-14-7-9-15(10-8-14)12-22(19)20/h7-10,13,16,22H,2-6,11-12H2,1H3. The summed E-state index contributed by atoms with van der Waals surface area (Å²) in [4.78, 5) is 12.1. The van der Waals surface area contributed by atoms with Gasteiger partial charge in [0.25, 0.3) is 0 Å². The summed E-state index contributed by atoms with van der Waals surface area (Å²) in [6.45, 7) is 1.88. The van der Waals surface area contributed by atoms with Gasteiger partial charge in [-0.1, -0.05) is 37.6 Å². The smallest absolute Gasteiger partial charge is 0.309 e. The molecule has 5 heteroatoms. The second-order valence-electron chi connectivity index (χ2n) is 6.11. The molecule has 1 aromatic carbocycles. The van der Waals surface area contributed by atoms with Crippen LogP contribution in [0.15, 0.2) is 24.3 Å². The molecule has 0 aliphatic heterocycles. The van der Waals surface area contributed by atoms with E-state index in [0.717, 1.165) is 36.8 Å². The fourth-order valence-corrected chi connectivity index (χ4v) is 3.34. The molecule has 0 bridgehead atoms. The molecular weight excluding hydrogens is 300 g/mol. The summed E-state index contributed by atoms with van der Waals surface area (Å²) < 4.78 is 27.0. The van der Waals surface area contributed by atoms with Gasteiger partial charge in [-0.3, -0.25) is 4.79 Å². The molecule has 0 saturated heterocycles. The highest BCUT2D eigenvalue weighted by molar-refractivity contribution is 7.71. The lowest BCUT2D eigenvalue weighted by Gasteiger charge is -2.23. The molecule has 0 radical (unpaired) electrons. The van der Waals surface area contributed by atoms with Gasteiger partial charge >= 0.3 is 5.97 Å². The normalized spacial score (nSPS) is 17.4. The molecule has 1 saturated carbocycles. The minimum Gasteiger partial charge on any atom is -0.462 e. The molecule has 2 rings (SSSR count). The van der Waals surface area contributed by atoms with Crippen LogP contribution in [0.25, 0.3) is 0 Å². The van der Waals surface area contributed by atoms with Gasteiger partial charge in [0.1, 0.15) is 16.8 Å². The average Bonchev–Trinajstić information content (AvgIpc) is 2.49. The summed E-state index contributed by atoms with van der Waals surface area (Å²) in [5, 5.41) is 0. The Kier molecular flexibility index (Phi) is 6.43. The lowest BCUT2D eigenvalue weighted by molar-refractivity contribution is -0.154. The van der Waals surface area contributed by atoms with E-state index in [0.29, 0.717) is 6.42 Å². The van der Waals surface area contributed by atoms with Gasteiger partial charge in [-0.2, -0.15) is 0 Å². The van der Waals surface area contributed by atoms with Crippen LogP contribution in [0.3, 0.4) is 0 Å². The molecule has 122 valence electrons. The van der Waals surface area contributed by atoms with Crippen LogP contribution in [0.5, 0.6) is 0 Å². The lowest BCUT2D eigenvalue weighted by Crippen LogP contribution is -2.25. The maximum absolute atomic E-state index is 12.1.